The number of fused-ring (bicyclic) bond motifs is 5. The van der Waals surface area contributed by atoms with Crippen molar-refractivity contribution >= 4 is 24.4 Å². The van der Waals surface area contributed by atoms with Crippen LogP contribution in [0.4, 0.5) is 0 Å². The van der Waals surface area contributed by atoms with Crippen molar-refractivity contribution < 1.29 is 38.9 Å². The summed E-state index contributed by atoms with van der Waals surface area (Å²) in [5.41, 5.74) is 1.17. The van der Waals surface area contributed by atoms with Gasteiger partial charge in [-0.15, -0.1) is 0 Å². The van der Waals surface area contributed by atoms with Gasteiger partial charge in [0.15, 0.2) is 12.2 Å². The molecule has 2 aromatic rings. The average molecular weight is 434 g/mol. The number of esters is 2. The van der Waals surface area contributed by atoms with Crippen molar-refractivity contribution in [1.82, 2.24) is 4.57 Å². The Kier molecular flexibility index (Phi) is 5.31. The molecule has 1 aromatic heterocycles. The second-order valence-corrected chi connectivity index (χ2v) is 6.95. The van der Waals surface area contributed by atoms with Crippen LogP contribution >= 0.6 is 0 Å². The Hall–Kier alpha value is -3.18. The van der Waals surface area contributed by atoms with Crippen LogP contribution in [0.1, 0.15) is 36.2 Å². The van der Waals surface area contributed by atoms with Crippen LogP contribution in [-0.2, 0) is 41.1 Å². The SMILES string of the molecule is COC(=O)CCC(=O)OC1C2OC(c3c2c(O)n(-c2ccccc2)c3O)C1ON=S. The van der Waals surface area contributed by atoms with E-state index in [-0.39, 0.29) is 24.6 Å². The van der Waals surface area contributed by atoms with Crippen LogP contribution in [0.3, 0.4) is 0 Å². The highest BCUT2D eigenvalue weighted by molar-refractivity contribution is 7.47. The van der Waals surface area contributed by atoms with Gasteiger partial charge in [0.25, 0.3) is 0 Å². The van der Waals surface area contributed by atoms with Gasteiger partial charge in [0, 0.05) is 0 Å². The summed E-state index contributed by atoms with van der Waals surface area (Å²) in [5.74, 6) is -1.67. The maximum absolute atomic E-state index is 12.2. The molecule has 30 heavy (non-hydrogen) atoms. The van der Waals surface area contributed by atoms with Crippen molar-refractivity contribution in [2.75, 3.05) is 7.11 Å². The first-order valence-corrected chi connectivity index (χ1v) is 9.46. The maximum atomic E-state index is 12.2. The number of aromatic hydroxyl groups is 2. The number of hydrogen-bond donors (Lipinski definition) is 2. The molecule has 4 atom stereocenters. The molecule has 11 heteroatoms. The largest absolute Gasteiger partial charge is 0.494 e. The topological polar surface area (TPSA) is 129 Å². The number of methoxy groups -OCH3 is 1. The number of hydrogen-bond acceptors (Lipinski definition) is 10. The monoisotopic (exact) mass is 434 g/mol. The van der Waals surface area contributed by atoms with Crippen molar-refractivity contribution in [3.05, 3.63) is 41.5 Å². The molecule has 3 heterocycles. The standard InChI is InChI=1S/C19H18N2O8S/c1-26-10(22)7-8-11(23)27-16-14-12-13(15(28-14)17(16)29-20-30)19(25)21(18(12)24)9-5-3-2-4-6-9/h2-6,14-17,24-25H,7-8H2,1H3. The van der Waals surface area contributed by atoms with Crippen molar-refractivity contribution in [3.8, 4) is 17.4 Å². The number of rotatable bonds is 7. The molecule has 1 aromatic carbocycles. The highest BCUT2D eigenvalue weighted by atomic mass is 32.1. The third-order valence-corrected chi connectivity index (χ3v) is 5.27. The summed E-state index contributed by atoms with van der Waals surface area (Å²) in [6.45, 7) is 0. The molecule has 10 nitrogen and oxygen atoms in total. The summed E-state index contributed by atoms with van der Waals surface area (Å²) in [4.78, 5) is 28.7. The van der Waals surface area contributed by atoms with Crippen LogP contribution in [0, 0.1) is 0 Å². The summed E-state index contributed by atoms with van der Waals surface area (Å²) in [6, 6.07) is 8.76. The van der Waals surface area contributed by atoms with Crippen LogP contribution in [0.25, 0.3) is 5.69 Å². The zero-order chi connectivity index (χ0) is 21.4. The molecule has 2 aliphatic heterocycles. The highest BCUT2D eigenvalue weighted by Gasteiger charge is 2.60. The van der Waals surface area contributed by atoms with Gasteiger partial charge in [0.2, 0.25) is 11.8 Å². The van der Waals surface area contributed by atoms with Gasteiger partial charge in [0.05, 0.1) is 49.2 Å². The summed E-state index contributed by atoms with van der Waals surface area (Å²) in [5, 5.41) is 21.6. The molecule has 4 unspecified atom stereocenters. The second-order valence-electron chi connectivity index (χ2n) is 6.80. The lowest BCUT2D eigenvalue weighted by atomic mass is 9.90. The van der Waals surface area contributed by atoms with Gasteiger partial charge < -0.3 is 29.3 Å². The fourth-order valence-corrected chi connectivity index (χ4v) is 4.00. The third kappa shape index (κ3) is 3.15. The van der Waals surface area contributed by atoms with Crippen molar-refractivity contribution in [2.45, 2.75) is 37.3 Å². The first-order valence-electron chi connectivity index (χ1n) is 9.10. The van der Waals surface area contributed by atoms with Crippen LogP contribution in [0.5, 0.6) is 11.8 Å². The number of carbonyl (C=O) groups excluding carboxylic acids is 2. The molecule has 0 amide bonds. The number of ether oxygens (including phenoxy) is 3. The zero-order valence-corrected chi connectivity index (χ0v) is 16.6. The number of nitrogens with zero attached hydrogens (tertiary/aromatic N) is 2. The molecule has 2 bridgehead atoms. The first kappa shape index (κ1) is 20.1. The van der Waals surface area contributed by atoms with E-state index in [1.165, 1.54) is 11.7 Å². The molecule has 0 saturated carbocycles. The lowest BCUT2D eigenvalue weighted by molar-refractivity contribution is -0.160. The van der Waals surface area contributed by atoms with E-state index >= 15 is 0 Å². The smallest absolute Gasteiger partial charge is 0.306 e. The van der Waals surface area contributed by atoms with Crippen LogP contribution in [-0.4, -0.2) is 46.0 Å². The molecule has 1 fully saturated rings. The van der Waals surface area contributed by atoms with E-state index in [0.29, 0.717) is 16.8 Å². The Balaban J connectivity index is 1.65. The van der Waals surface area contributed by atoms with E-state index in [0.717, 1.165) is 0 Å². The quantitative estimate of drug-likeness (QED) is 0.496. The van der Waals surface area contributed by atoms with E-state index in [2.05, 4.69) is 21.7 Å². The Morgan fingerprint density at radius 1 is 1.07 bits per heavy atom. The van der Waals surface area contributed by atoms with Crippen LogP contribution < -0.4 is 0 Å². The zero-order valence-electron chi connectivity index (χ0n) is 15.8. The Bertz CT molecular complexity index is 992. The normalized spacial score (nSPS) is 23.6. The minimum atomic E-state index is -0.976. The molecule has 2 aliphatic rings. The number of carbonyl (C=O) groups is 2. The molecule has 2 N–H and O–H groups in total. The van der Waals surface area contributed by atoms with Gasteiger partial charge >= 0.3 is 11.9 Å². The average Bonchev–Trinajstić information content (AvgIpc) is 3.37. The Morgan fingerprint density at radius 2 is 1.67 bits per heavy atom. The van der Waals surface area contributed by atoms with Crippen LogP contribution in [0.2, 0.25) is 0 Å². The van der Waals surface area contributed by atoms with E-state index in [4.69, 9.17) is 14.3 Å². The van der Waals surface area contributed by atoms with E-state index in [1.54, 1.807) is 30.3 Å². The Morgan fingerprint density at radius 3 is 2.27 bits per heavy atom. The van der Waals surface area contributed by atoms with Gasteiger partial charge in [-0.2, -0.15) is 0 Å². The third-order valence-electron chi connectivity index (χ3n) is 5.19. The molecular weight excluding hydrogens is 416 g/mol. The number of para-hydroxylation sites is 1. The van der Waals surface area contributed by atoms with Gasteiger partial charge in [-0.25, -0.2) is 0 Å². The first-order chi connectivity index (χ1) is 14.5. The Labute approximate surface area is 176 Å². The van der Waals surface area contributed by atoms with Gasteiger partial charge in [-0.05, 0) is 16.7 Å². The van der Waals surface area contributed by atoms with Crippen molar-refractivity contribution in [3.63, 3.8) is 0 Å². The second kappa shape index (κ2) is 7.92. The predicted octanol–water partition coefficient (Wildman–Crippen LogP) is 1.91. The molecule has 158 valence electrons. The highest BCUT2D eigenvalue weighted by Crippen LogP contribution is 2.60. The van der Waals surface area contributed by atoms with E-state index in [9.17, 15) is 19.8 Å². The number of aromatic nitrogens is 1. The van der Waals surface area contributed by atoms with Gasteiger partial charge in [0.1, 0.15) is 12.2 Å². The minimum absolute atomic E-state index is 0.143. The molecule has 0 radical (unpaired) electrons. The molecule has 0 spiro atoms. The van der Waals surface area contributed by atoms with Crippen LogP contribution in [0.15, 0.2) is 34.9 Å². The summed E-state index contributed by atoms with van der Waals surface area (Å²) in [7, 11) is 1.22. The molecule has 4 rings (SSSR count). The summed E-state index contributed by atoms with van der Waals surface area (Å²) >= 11 is 4.54. The van der Waals surface area contributed by atoms with Gasteiger partial charge in [-0.1, -0.05) is 18.2 Å². The van der Waals surface area contributed by atoms with Gasteiger partial charge in [-0.3, -0.25) is 14.2 Å². The van der Waals surface area contributed by atoms with Crippen molar-refractivity contribution in [1.29, 1.82) is 0 Å². The maximum Gasteiger partial charge on any atom is 0.306 e. The summed E-state index contributed by atoms with van der Waals surface area (Å²) < 4.78 is 20.3. The van der Waals surface area contributed by atoms with E-state index < -0.39 is 36.4 Å². The lowest BCUT2D eigenvalue weighted by Gasteiger charge is -2.25. The molecule has 1 saturated heterocycles. The predicted molar refractivity (Wildman–Crippen MR) is 101 cm³/mol. The lowest BCUT2D eigenvalue weighted by Crippen LogP contribution is -2.36. The fourth-order valence-electron chi connectivity index (χ4n) is 3.90. The van der Waals surface area contributed by atoms with Crippen molar-refractivity contribution in [2.24, 2.45) is 4.53 Å². The molecule has 0 aliphatic carbocycles. The molecular formula is C19H18N2O8S. The van der Waals surface area contributed by atoms with E-state index in [1.807, 2.05) is 0 Å². The fraction of sp³-hybridized carbons (Fsp3) is 0.368. The number of benzene rings is 1. The summed E-state index contributed by atoms with van der Waals surface area (Å²) in [6.07, 6.45) is -3.99. The minimum Gasteiger partial charge on any atom is -0.494 e.